The van der Waals surface area contributed by atoms with Gasteiger partial charge in [0.05, 0.1) is 6.61 Å². The number of nitrogens with zero attached hydrogens (tertiary/aromatic N) is 1. The zero-order valence-corrected chi connectivity index (χ0v) is 34.9. The average Bonchev–Trinajstić information content (AvgIpc) is 3.10. The number of carbonyl (C=O) groups is 2. The summed E-state index contributed by atoms with van der Waals surface area (Å²) in [7, 11) is 4.05. The molecule has 0 aromatic carbocycles. The van der Waals surface area contributed by atoms with E-state index < -0.39 is 0 Å². The second kappa shape index (κ2) is 39.6. The summed E-state index contributed by atoms with van der Waals surface area (Å²) >= 11 is 0. The minimum Gasteiger partial charge on any atom is -0.466 e. The van der Waals surface area contributed by atoms with Crippen molar-refractivity contribution in [3.05, 3.63) is 24.3 Å². The molecule has 0 aliphatic heterocycles. The highest BCUT2D eigenvalue weighted by atomic mass is 16.6. The third-order valence-electron chi connectivity index (χ3n) is 10.1. The van der Waals surface area contributed by atoms with Gasteiger partial charge in [-0.2, -0.15) is 0 Å². The normalized spacial score (nSPS) is 12.5. The lowest BCUT2D eigenvalue weighted by molar-refractivity contribution is -0.152. The number of carbonyl (C=O) groups excluding carboxylic acids is 2. The first-order chi connectivity index (χ1) is 24.9. The van der Waals surface area contributed by atoms with Crippen molar-refractivity contribution in [2.24, 2.45) is 5.92 Å². The lowest BCUT2D eigenvalue weighted by Gasteiger charge is -2.18. The number of rotatable bonds is 39. The molecular weight excluding hydrogens is 631 g/mol. The summed E-state index contributed by atoms with van der Waals surface area (Å²) in [6.07, 6.45) is 45.1. The quantitative estimate of drug-likeness (QED) is 0.0360. The molecule has 0 fully saturated rings. The van der Waals surface area contributed by atoms with Gasteiger partial charge in [0.1, 0.15) is 6.10 Å². The second-order valence-electron chi connectivity index (χ2n) is 15.6. The molecule has 0 aromatic heterocycles. The fourth-order valence-corrected chi connectivity index (χ4v) is 6.81. The van der Waals surface area contributed by atoms with Gasteiger partial charge in [-0.1, -0.05) is 167 Å². The van der Waals surface area contributed by atoms with Crippen LogP contribution in [0.2, 0.25) is 0 Å². The molecule has 5 heteroatoms. The smallest absolute Gasteiger partial charge is 0.306 e. The molecule has 0 spiro atoms. The van der Waals surface area contributed by atoms with Gasteiger partial charge in [-0.3, -0.25) is 9.59 Å². The Labute approximate surface area is 318 Å². The van der Waals surface area contributed by atoms with Crippen LogP contribution in [0.3, 0.4) is 0 Å². The fourth-order valence-electron chi connectivity index (χ4n) is 6.81. The Kier molecular flexibility index (Phi) is 38.3. The minimum atomic E-state index is -0.164. The van der Waals surface area contributed by atoms with Crippen molar-refractivity contribution in [1.29, 1.82) is 0 Å². The van der Waals surface area contributed by atoms with Crippen LogP contribution in [-0.4, -0.2) is 50.2 Å². The van der Waals surface area contributed by atoms with Crippen LogP contribution < -0.4 is 0 Å². The van der Waals surface area contributed by atoms with Crippen molar-refractivity contribution in [3.8, 4) is 0 Å². The summed E-state index contributed by atoms with van der Waals surface area (Å²) < 4.78 is 11.5. The number of ether oxygens (including phenoxy) is 2. The van der Waals surface area contributed by atoms with E-state index in [1.807, 2.05) is 14.1 Å². The summed E-state index contributed by atoms with van der Waals surface area (Å²) in [5, 5.41) is 0. The molecule has 0 aliphatic carbocycles. The summed E-state index contributed by atoms with van der Waals surface area (Å²) in [4.78, 5) is 27.1. The van der Waals surface area contributed by atoms with Crippen molar-refractivity contribution >= 4 is 11.9 Å². The molecule has 0 amide bonds. The molecule has 0 rings (SSSR count). The van der Waals surface area contributed by atoms with Crippen LogP contribution in [0, 0.1) is 5.92 Å². The third kappa shape index (κ3) is 37.9. The number of hydrogen-bond acceptors (Lipinski definition) is 5. The standard InChI is InChI=1S/C46H87NO4/c1-6-9-12-13-14-15-16-17-18-19-20-21-22-23-26-31-37-44(51-46(49)39-33-41-47(4)5)40-42-50-45(48)38-32-27-24-25-30-36-43(34-28-10-7-2)35-29-11-8-3/h14-15,17-18,43-44H,6-13,16,19-42H2,1-5H3/b15-14-,18-17-. The molecule has 0 heterocycles. The van der Waals surface area contributed by atoms with Gasteiger partial charge >= 0.3 is 11.9 Å². The van der Waals surface area contributed by atoms with E-state index in [1.165, 1.54) is 135 Å². The zero-order chi connectivity index (χ0) is 37.5. The van der Waals surface area contributed by atoms with Gasteiger partial charge in [0.25, 0.3) is 0 Å². The Bertz CT molecular complexity index is 797. The van der Waals surface area contributed by atoms with Crippen LogP contribution in [0.15, 0.2) is 24.3 Å². The van der Waals surface area contributed by atoms with Crippen molar-refractivity contribution < 1.29 is 19.1 Å². The maximum absolute atomic E-state index is 12.6. The second-order valence-corrected chi connectivity index (χ2v) is 15.6. The van der Waals surface area contributed by atoms with Crippen molar-refractivity contribution in [2.45, 2.75) is 226 Å². The zero-order valence-electron chi connectivity index (χ0n) is 34.9. The molecule has 5 nitrogen and oxygen atoms in total. The molecule has 51 heavy (non-hydrogen) atoms. The summed E-state index contributed by atoms with van der Waals surface area (Å²) in [6, 6.07) is 0. The van der Waals surface area contributed by atoms with Gasteiger partial charge in [-0.15, -0.1) is 0 Å². The number of unbranched alkanes of at least 4 members (excludes halogenated alkanes) is 17. The molecule has 0 saturated heterocycles. The maximum atomic E-state index is 12.6. The molecule has 0 aromatic rings. The monoisotopic (exact) mass is 718 g/mol. The van der Waals surface area contributed by atoms with Gasteiger partial charge in [0.2, 0.25) is 0 Å². The molecule has 300 valence electrons. The van der Waals surface area contributed by atoms with Gasteiger partial charge in [-0.05, 0) is 84.3 Å². The SMILES string of the molecule is CCCCC/C=C\C/C=C\CCCCCCCCC(CCOC(=O)CCCCCCCC(CCCCC)CCCCC)OC(=O)CCCN(C)C. The molecule has 0 radical (unpaired) electrons. The van der Waals surface area contributed by atoms with E-state index in [9.17, 15) is 9.59 Å². The molecule has 0 aliphatic rings. The molecular formula is C46H87NO4. The van der Waals surface area contributed by atoms with E-state index >= 15 is 0 Å². The van der Waals surface area contributed by atoms with E-state index in [1.54, 1.807) is 0 Å². The minimum absolute atomic E-state index is 0.105. The molecule has 0 N–H and O–H groups in total. The van der Waals surface area contributed by atoms with Crippen LogP contribution in [0.1, 0.15) is 220 Å². The van der Waals surface area contributed by atoms with Crippen LogP contribution in [-0.2, 0) is 19.1 Å². The number of esters is 2. The van der Waals surface area contributed by atoms with Crippen molar-refractivity contribution in [2.75, 3.05) is 27.2 Å². The first-order valence-electron chi connectivity index (χ1n) is 22.2. The fraction of sp³-hybridized carbons (Fsp3) is 0.870. The van der Waals surface area contributed by atoms with Crippen molar-refractivity contribution in [3.63, 3.8) is 0 Å². The lowest BCUT2D eigenvalue weighted by atomic mass is 9.90. The topological polar surface area (TPSA) is 55.8 Å². The van der Waals surface area contributed by atoms with Crippen LogP contribution >= 0.6 is 0 Å². The van der Waals surface area contributed by atoms with E-state index in [2.05, 4.69) is 50.0 Å². The molecule has 1 unspecified atom stereocenters. The molecule has 0 saturated carbocycles. The average molecular weight is 718 g/mol. The summed E-state index contributed by atoms with van der Waals surface area (Å²) in [5.41, 5.74) is 0. The summed E-state index contributed by atoms with van der Waals surface area (Å²) in [6.45, 7) is 8.06. The third-order valence-corrected chi connectivity index (χ3v) is 10.1. The van der Waals surface area contributed by atoms with Gasteiger partial charge in [-0.25, -0.2) is 0 Å². The Morgan fingerprint density at radius 3 is 1.57 bits per heavy atom. The molecule has 0 bridgehead atoms. The highest BCUT2D eigenvalue weighted by Gasteiger charge is 2.16. The van der Waals surface area contributed by atoms with Gasteiger partial charge < -0.3 is 14.4 Å². The van der Waals surface area contributed by atoms with Crippen LogP contribution in [0.4, 0.5) is 0 Å². The van der Waals surface area contributed by atoms with Crippen LogP contribution in [0.5, 0.6) is 0 Å². The highest BCUT2D eigenvalue weighted by Crippen LogP contribution is 2.24. The van der Waals surface area contributed by atoms with Crippen LogP contribution in [0.25, 0.3) is 0 Å². The predicted molar refractivity (Wildman–Crippen MR) is 221 cm³/mol. The Morgan fingerprint density at radius 2 is 0.980 bits per heavy atom. The number of hydrogen-bond donors (Lipinski definition) is 0. The first-order valence-corrected chi connectivity index (χ1v) is 22.2. The Hall–Kier alpha value is -1.62. The van der Waals surface area contributed by atoms with Gasteiger partial charge in [0.15, 0.2) is 0 Å². The first kappa shape index (κ1) is 49.4. The molecule has 1 atom stereocenters. The predicted octanol–water partition coefficient (Wildman–Crippen LogP) is 13.9. The Balaban J connectivity index is 4.22. The van der Waals surface area contributed by atoms with E-state index in [0.29, 0.717) is 25.9 Å². The maximum Gasteiger partial charge on any atom is 0.306 e. The highest BCUT2D eigenvalue weighted by molar-refractivity contribution is 5.70. The number of allylic oxidation sites excluding steroid dienone is 4. The van der Waals surface area contributed by atoms with E-state index in [-0.39, 0.29) is 18.0 Å². The lowest BCUT2D eigenvalue weighted by Crippen LogP contribution is -2.22. The van der Waals surface area contributed by atoms with Gasteiger partial charge in [0, 0.05) is 19.3 Å². The largest absolute Gasteiger partial charge is 0.466 e. The van der Waals surface area contributed by atoms with E-state index in [4.69, 9.17) is 9.47 Å². The van der Waals surface area contributed by atoms with Crippen molar-refractivity contribution in [1.82, 2.24) is 4.90 Å². The summed E-state index contributed by atoms with van der Waals surface area (Å²) in [5.74, 6) is 0.688. The Morgan fingerprint density at radius 1 is 0.510 bits per heavy atom. The van der Waals surface area contributed by atoms with E-state index in [0.717, 1.165) is 57.4 Å².